The zero-order valence-electron chi connectivity index (χ0n) is 13.2. The van der Waals surface area contributed by atoms with Gasteiger partial charge in [0.2, 0.25) is 5.91 Å². The number of carbonyl (C=O) groups is 2. The standard InChI is InChI=1S/C19H19ClN2O2/c20-16-7-5-13(6-8-16)9-17(12-23)22-19(24)18-10-14-3-1-2-4-15(14)11-21-18/h1-8,12,17-18,21H,9-11H2,(H,22,24)/t17-,18?/m1/s1. The molecule has 0 aliphatic carbocycles. The van der Waals surface area contributed by atoms with Gasteiger partial charge in [0.25, 0.3) is 0 Å². The van der Waals surface area contributed by atoms with Gasteiger partial charge in [-0.05, 0) is 41.7 Å². The predicted octanol–water partition coefficient (Wildman–Crippen LogP) is 2.28. The lowest BCUT2D eigenvalue weighted by Gasteiger charge is -2.26. The van der Waals surface area contributed by atoms with E-state index in [1.807, 2.05) is 30.3 Å². The van der Waals surface area contributed by atoms with E-state index in [4.69, 9.17) is 11.6 Å². The topological polar surface area (TPSA) is 58.2 Å². The van der Waals surface area contributed by atoms with Gasteiger partial charge in [0.15, 0.2) is 0 Å². The minimum absolute atomic E-state index is 0.143. The summed E-state index contributed by atoms with van der Waals surface area (Å²) in [6.45, 7) is 0.664. The van der Waals surface area contributed by atoms with Crippen LogP contribution in [0.3, 0.4) is 0 Å². The molecule has 1 aliphatic rings. The van der Waals surface area contributed by atoms with Gasteiger partial charge in [0.05, 0.1) is 12.1 Å². The first-order chi connectivity index (χ1) is 11.7. The van der Waals surface area contributed by atoms with E-state index < -0.39 is 6.04 Å². The largest absolute Gasteiger partial charge is 0.345 e. The molecule has 0 radical (unpaired) electrons. The summed E-state index contributed by atoms with van der Waals surface area (Å²) in [7, 11) is 0. The summed E-state index contributed by atoms with van der Waals surface area (Å²) in [6, 6.07) is 14.5. The van der Waals surface area contributed by atoms with E-state index in [2.05, 4.69) is 16.7 Å². The highest BCUT2D eigenvalue weighted by Crippen LogP contribution is 2.16. The fraction of sp³-hybridized carbons (Fsp3) is 0.263. The lowest BCUT2D eigenvalue weighted by Crippen LogP contribution is -2.51. The molecular formula is C19H19ClN2O2. The van der Waals surface area contributed by atoms with E-state index in [0.29, 0.717) is 24.4 Å². The molecule has 24 heavy (non-hydrogen) atoms. The molecule has 4 nitrogen and oxygen atoms in total. The number of carbonyl (C=O) groups excluding carboxylic acids is 2. The molecule has 124 valence electrons. The number of hydrogen-bond acceptors (Lipinski definition) is 3. The van der Waals surface area contributed by atoms with Gasteiger partial charge in [0, 0.05) is 11.6 Å². The molecule has 2 N–H and O–H groups in total. The van der Waals surface area contributed by atoms with E-state index in [9.17, 15) is 9.59 Å². The zero-order valence-corrected chi connectivity index (χ0v) is 13.9. The Morgan fingerprint density at radius 3 is 2.62 bits per heavy atom. The highest BCUT2D eigenvalue weighted by atomic mass is 35.5. The van der Waals surface area contributed by atoms with E-state index in [-0.39, 0.29) is 11.9 Å². The van der Waals surface area contributed by atoms with E-state index in [1.54, 1.807) is 12.1 Å². The number of fused-ring (bicyclic) bond motifs is 1. The van der Waals surface area contributed by atoms with Crippen LogP contribution in [0.25, 0.3) is 0 Å². The lowest BCUT2D eigenvalue weighted by molar-refractivity contribution is -0.126. The van der Waals surface area contributed by atoms with Gasteiger partial charge >= 0.3 is 0 Å². The summed E-state index contributed by atoms with van der Waals surface area (Å²) < 4.78 is 0. The van der Waals surface area contributed by atoms with Crippen LogP contribution >= 0.6 is 11.6 Å². The fourth-order valence-corrected chi connectivity index (χ4v) is 3.06. The van der Waals surface area contributed by atoms with Crippen LogP contribution < -0.4 is 10.6 Å². The summed E-state index contributed by atoms with van der Waals surface area (Å²) >= 11 is 5.86. The first-order valence-corrected chi connectivity index (χ1v) is 8.34. The minimum atomic E-state index is -0.544. The maximum atomic E-state index is 12.5. The molecule has 2 aromatic rings. The van der Waals surface area contributed by atoms with Gasteiger partial charge in [0.1, 0.15) is 6.29 Å². The van der Waals surface area contributed by atoms with Crippen molar-refractivity contribution >= 4 is 23.8 Å². The van der Waals surface area contributed by atoms with Crippen LogP contribution in [0.2, 0.25) is 5.02 Å². The second-order valence-corrected chi connectivity index (χ2v) is 6.42. The van der Waals surface area contributed by atoms with Crippen LogP contribution in [0.1, 0.15) is 16.7 Å². The Kier molecular flexibility index (Phi) is 5.28. The fourth-order valence-electron chi connectivity index (χ4n) is 2.93. The van der Waals surface area contributed by atoms with Crippen molar-refractivity contribution in [1.82, 2.24) is 10.6 Å². The summed E-state index contributed by atoms with van der Waals surface area (Å²) in [6.07, 6.45) is 1.87. The first-order valence-electron chi connectivity index (χ1n) is 7.96. The zero-order chi connectivity index (χ0) is 16.9. The molecule has 1 aliphatic heterocycles. The van der Waals surface area contributed by atoms with Gasteiger partial charge in [-0.3, -0.25) is 4.79 Å². The van der Waals surface area contributed by atoms with Crippen molar-refractivity contribution in [2.45, 2.75) is 31.5 Å². The third-order valence-corrected chi connectivity index (χ3v) is 4.51. The lowest BCUT2D eigenvalue weighted by atomic mass is 9.95. The smallest absolute Gasteiger partial charge is 0.238 e. The van der Waals surface area contributed by atoms with Gasteiger partial charge < -0.3 is 15.4 Å². The molecule has 0 saturated heterocycles. The Hall–Kier alpha value is -2.17. The van der Waals surface area contributed by atoms with Gasteiger partial charge in [-0.1, -0.05) is 48.0 Å². The maximum Gasteiger partial charge on any atom is 0.238 e. The molecule has 2 atom stereocenters. The molecule has 1 heterocycles. The van der Waals surface area contributed by atoms with Gasteiger partial charge in [-0.2, -0.15) is 0 Å². The number of benzene rings is 2. The Bertz CT molecular complexity index is 730. The highest BCUT2D eigenvalue weighted by molar-refractivity contribution is 6.30. The Morgan fingerprint density at radius 1 is 1.21 bits per heavy atom. The number of hydrogen-bond donors (Lipinski definition) is 2. The van der Waals surface area contributed by atoms with Gasteiger partial charge in [-0.15, -0.1) is 0 Å². The normalized spacial score (nSPS) is 17.6. The van der Waals surface area contributed by atoms with Crippen molar-refractivity contribution in [2.24, 2.45) is 0 Å². The molecule has 0 spiro atoms. The third kappa shape index (κ3) is 4.02. The second-order valence-electron chi connectivity index (χ2n) is 5.99. The van der Waals surface area contributed by atoms with E-state index in [1.165, 1.54) is 11.1 Å². The quantitative estimate of drug-likeness (QED) is 0.820. The van der Waals surface area contributed by atoms with E-state index in [0.717, 1.165) is 11.8 Å². The van der Waals surface area contributed by atoms with Crippen molar-refractivity contribution < 1.29 is 9.59 Å². The van der Waals surface area contributed by atoms with Crippen molar-refractivity contribution in [3.63, 3.8) is 0 Å². The molecular weight excluding hydrogens is 324 g/mol. The van der Waals surface area contributed by atoms with Gasteiger partial charge in [-0.25, -0.2) is 0 Å². The van der Waals surface area contributed by atoms with Crippen molar-refractivity contribution in [2.75, 3.05) is 0 Å². The van der Waals surface area contributed by atoms with Crippen molar-refractivity contribution in [1.29, 1.82) is 0 Å². The molecule has 5 heteroatoms. The molecule has 3 rings (SSSR count). The SMILES string of the molecule is O=C[C@@H](Cc1ccc(Cl)cc1)NC(=O)C1Cc2ccccc2CN1. The highest BCUT2D eigenvalue weighted by Gasteiger charge is 2.25. The molecule has 2 aromatic carbocycles. The molecule has 1 unspecified atom stereocenters. The number of rotatable bonds is 5. The molecule has 1 amide bonds. The minimum Gasteiger partial charge on any atom is -0.345 e. The average Bonchev–Trinajstić information content (AvgIpc) is 2.62. The van der Waals surface area contributed by atoms with Crippen molar-refractivity contribution in [3.8, 4) is 0 Å². The van der Waals surface area contributed by atoms with Crippen LogP contribution in [0, 0.1) is 0 Å². The molecule has 0 saturated carbocycles. The summed E-state index contributed by atoms with van der Waals surface area (Å²) in [5.74, 6) is -0.143. The third-order valence-electron chi connectivity index (χ3n) is 4.26. The summed E-state index contributed by atoms with van der Waals surface area (Å²) in [5, 5.41) is 6.71. The predicted molar refractivity (Wildman–Crippen MR) is 93.9 cm³/mol. The number of amides is 1. The summed E-state index contributed by atoms with van der Waals surface area (Å²) in [5.41, 5.74) is 3.35. The monoisotopic (exact) mass is 342 g/mol. The Morgan fingerprint density at radius 2 is 1.92 bits per heavy atom. The second kappa shape index (κ2) is 7.60. The molecule has 0 bridgehead atoms. The van der Waals surface area contributed by atoms with Crippen molar-refractivity contribution in [3.05, 3.63) is 70.2 Å². The number of halogens is 1. The molecule has 0 aromatic heterocycles. The Labute approximate surface area is 146 Å². The van der Waals surface area contributed by atoms with Crippen LogP contribution in [0.15, 0.2) is 48.5 Å². The average molecular weight is 343 g/mol. The van der Waals surface area contributed by atoms with Crippen LogP contribution in [-0.2, 0) is 29.0 Å². The Balaban J connectivity index is 1.61. The summed E-state index contributed by atoms with van der Waals surface area (Å²) in [4.78, 5) is 23.8. The first kappa shape index (κ1) is 16.7. The molecule has 0 fully saturated rings. The maximum absolute atomic E-state index is 12.5. The van der Waals surface area contributed by atoms with Crippen LogP contribution in [-0.4, -0.2) is 24.3 Å². The number of aldehydes is 1. The van der Waals surface area contributed by atoms with Crippen LogP contribution in [0.5, 0.6) is 0 Å². The van der Waals surface area contributed by atoms with Crippen LogP contribution in [0.4, 0.5) is 0 Å². The number of nitrogens with one attached hydrogen (secondary N) is 2. The van der Waals surface area contributed by atoms with E-state index >= 15 is 0 Å².